The van der Waals surface area contributed by atoms with Gasteiger partial charge < -0.3 is 9.88 Å². The van der Waals surface area contributed by atoms with Crippen molar-refractivity contribution >= 4 is 16.9 Å². The summed E-state index contributed by atoms with van der Waals surface area (Å²) in [6.45, 7) is 13.3. The summed E-state index contributed by atoms with van der Waals surface area (Å²) in [5.74, 6) is 1.31. The molecule has 28 heavy (non-hydrogen) atoms. The van der Waals surface area contributed by atoms with Gasteiger partial charge in [-0.1, -0.05) is 34.1 Å². The zero-order valence-corrected chi connectivity index (χ0v) is 18.4. The van der Waals surface area contributed by atoms with Gasteiger partial charge in [-0.3, -0.25) is 0 Å². The van der Waals surface area contributed by atoms with Crippen molar-refractivity contribution in [2.24, 2.45) is 0 Å². The van der Waals surface area contributed by atoms with E-state index in [0.717, 1.165) is 34.7 Å². The zero-order chi connectivity index (χ0) is 20.4. The molecule has 0 spiro atoms. The van der Waals surface area contributed by atoms with Gasteiger partial charge in [0.05, 0.1) is 16.7 Å². The molecule has 1 unspecified atom stereocenters. The van der Waals surface area contributed by atoms with Gasteiger partial charge in [0.2, 0.25) is 0 Å². The fraction of sp³-hybridized carbons (Fsp3) is 0.500. The van der Waals surface area contributed by atoms with Gasteiger partial charge in [0, 0.05) is 30.5 Å². The molecule has 4 heteroatoms. The van der Waals surface area contributed by atoms with Crippen LogP contribution in [-0.2, 0) is 6.42 Å². The standard InChI is InChI=1S/C24H34N4/c1-8-10-17(6)28-14-16(5)22-21(28)13-18(9-2)23(27-22)19-11-12-20(15(3)4)26-24(19)25-7/h11-15,17H,8-10H2,1-7H3,(H,25,26). The van der Waals surface area contributed by atoms with Crippen molar-refractivity contribution in [2.45, 2.75) is 72.8 Å². The summed E-state index contributed by atoms with van der Waals surface area (Å²) in [7, 11) is 1.94. The molecule has 3 heterocycles. The van der Waals surface area contributed by atoms with Gasteiger partial charge in [0.1, 0.15) is 5.82 Å². The van der Waals surface area contributed by atoms with Crippen LogP contribution in [0.2, 0.25) is 0 Å². The lowest BCUT2D eigenvalue weighted by Gasteiger charge is -2.17. The van der Waals surface area contributed by atoms with E-state index in [0.29, 0.717) is 12.0 Å². The van der Waals surface area contributed by atoms with E-state index in [1.807, 2.05) is 7.05 Å². The second kappa shape index (κ2) is 8.34. The highest BCUT2D eigenvalue weighted by Crippen LogP contribution is 2.34. The highest BCUT2D eigenvalue weighted by molar-refractivity contribution is 5.86. The normalized spacial score (nSPS) is 12.7. The minimum absolute atomic E-state index is 0.401. The molecule has 0 aromatic carbocycles. The number of nitrogens with zero attached hydrogens (tertiary/aromatic N) is 3. The van der Waals surface area contributed by atoms with Crippen molar-refractivity contribution in [1.29, 1.82) is 0 Å². The lowest BCUT2D eigenvalue weighted by molar-refractivity contribution is 0.514. The van der Waals surface area contributed by atoms with Crippen LogP contribution in [0.3, 0.4) is 0 Å². The van der Waals surface area contributed by atoms with Crippen LogP contribution in [0.1, 0.15) is 76.2 Å². The summed E-state index contributed by atoms with van der Waals surface area (Å²) >= 11 is 0. The maximum absolute atomic E-state index is 5.16. The quantitative estimate of drug-likeness (QED) is 0.510. The zero-order valence-electron chi connectivity index (χ0n) is 18.4. The maximum Gasteiger partial charge on any atom is 0.135 e. The Balaban J connectivity index is 2.21. The van der Waals surface area contributed by atoms with E-state index in [4.69, 9.17) is 9.97 Å². The Morgan fingerprint density at radius 1 is 1.11 bits per heavy atom. The van der Waals surface area contributed by atoms with Crippen LogP contribution in [0.5, 0.6) is 0 Å². The van der Waals surface area contributed by atoms with Gasteiger partial charge in [-0.25, -0.2) is 9.97 Å². The molecular weight excluding hydrogens is 344 g/mol. The van der Waals surface area contributed by atoms with Crippen molar-refractivity contribution < 1.29 is 0 Å². The van der Waals surface area contributed by atoms with E-state index in [-0.39, 0.29) is 0 Å². The van der Waals surface area contributed by atoms with Crippen molar-refractivity contribution in [3.8, 4) is 11.3 Å². The molecule has 0 radical (unpaired) electrons. The summed E-state index contributed by atoms with van der Waals surface area (Å²) in [4.78, 5) is 10.0. The average molecular weight is 379 g/mol. The molecule has 3 aromatic rings. The molecule has 1 N–H and O–H groups in total. The van der Waals surface area contributed by atoms with E-state index in [2.05, 4.69) is 75.8 Å². The van der Waals surface area contributed by atoms with Crippen molar-refractivity contribution in [1.82, 2.24) is 14.5 Å². The SMILES string of the molecule is CCCC(C)n1cc(C)c2nc(-c3ccc(C(C)C)nc3NC)c(CC)cc21. The highest BCUT2D eigenvalue weighted by atomic mass is 15.0. The Morgan fingerprint density at radius 3 is 2.46 bits per heavy atom. The maximum atomic E-state index is 5.16. The largest absolute Gasteiger partial charge is 0.373 e. The molecule has 0 fully saturated rings. The molecule has 1 atom stereocenters. The van der Waals surface area contributed by atoms with Crippen LogP contribution in [0, 0.1) is 6.92 Å². The van der Waals surface area contributed by atoms with Crippen molar-refractivity contribution in [3.05, 3.63) is 41.2 Å². The van der Waals surface area contributed by atoms with Crippen LogP contribution in [0.15, 0.2) is 24.4 Å². The Labute approximate surface area is 169 Å². The highest BCUT2D eigenvalue weighted by Gasteiger charge is 2.18. The number of hydrogen-bond acceptors (Lipinski definition) is 3. The number of hydrogen-bond donors (Lipinski definition) is 1. The first-order chi connectivity index (χ1) is 13.4. The number of pyridine rings is 2. The molecule has 0 aliphatic rings. The van der Waals surface area contributed by atoms with Crippen LogP contribution in [-0.4, -0.2) is 21.6 Å². The van der Waals surface area contributed by atoms with Crippen LogP contribution >= 0.6 is 0 Å². The third-order valence-electron chi connectivity index (χ3n) is 5.63. The minimum atomic E-state index is 0.401. The summed E-state index contributed by atoms with van der Waals surface area (Å²) in [6.07, 6.45) is 5.57. The van der Waals surface area contributed by atoms with Gasteiger partial charge >= 0.3 is 0 Å². The van der Waals surface area contributed by atoms with Crippen LogP contribution in [0.4, 0.5) is 5.82 Å². The van der Waals surface area contributed by atoms with E-state index in [1.165, 1.54) is 29.5 Å². The lowest BCUT2D eigenvalue weighted by Crippen LogP contribution is -2.05. The van der Waals surface area contributed by atoms with Gasteiger partial charge in [-0.15, -0.1) is 0 Å². The molecule has 0 amide bonds. The number of aryl methyl sites for hydroxylation is 2. The van der Waals surface area contributed by atoms with Crippen molar-refractivity contribution in [2.75, 3.05) is 12.4 Å². The summed E-state index contributed by atoms with van der Waals surface area (Å²) in [5.41, 5.74) is 8.08. The van der Waals surface area contributed by atoms with Crippen molar-refractivity contribution in [3.63, 3.8) is 0 Å². The molecule has 3 rings (SSSR count). The number of fused-ring (bicyclic) bond motifs is 1. The first kappa shape index (κ1) is 20.4. The lowest BCUT2D eigenvalue weighted by atomic mass is 10.0. The number of anilines is 1. The smallest absolute Gasteiger partial charge is 0.135 e. The molecule has 0 saturated heterocycles. The Kier molecular flexibility index (Phi) is 6.07. The van der Waals surface area contributed by atoms with Crippen LogP contribution < -0.4 is 5.32 Å². The molecule has 4 nitrogen and oxygen atoms in total. The van der Waals surface area contributed by atoms with Gasteiger partial charge in [0.25, 0.3) is 0 Å². The van der Waals surface area contributed by atoms with Gasteiger partial charge in [-0.2, -0.15) is 0 Å². The molecule has 150 valence electrons. The molecule has 3 aromatic heterocycles. The first-order valence-corrected chi connectivity index (χ1v) is 10.6. The molecule has 0 saturated carbocycles. The summed E-state index contributed by atoms with van der Waals surface area (Å²) in [6, 6.07) is 7.13. The number of nitrogens with one attached hydrogen (secondary N) is 1. The predicted molar refractivity (Wildman–Crippen MR) is 120 cm³/mol. The third kappa shape index (κ3) is 3.65. The average Bonchev–Trinajstić information content (AvgIpc) is 3.02. The second-order valence-electron chi connectivity index (χ2n) is 8.11. The summed E-state index contributed by atoms with van der Waals surface area (Å²) < 4.78 is 2.41. The monoisotopic (exact) mass is 378 g/mol. The van der Waals surface area contributed by atoms with Gasteiger partial charge in [0.15, 0.2) is 0 Å². The predicted octanol–water partition coefficient (Wildman–Crippen LogP) is 6.50. The Hall–Kier alpha value is -2.36. The first-order valence-electron chi connectivity index (χ1n) is 10.6. The second-order valence-corrected chi connectivity index (χ2v) is 8.11. The van der Waals surface area contributed by atoms with E-state index < -0.39 is 0 Å². The van der Waals surface area contributed by atoms with Gasteiger partial charge in [-0.05, 0) is 61.9 Å². The van der Waals surface area contributed by atoms with E-state index in [1.54, 1.807) is 0 Å². The van der Waals surface area contributed by atoms with E-state index >= 15 is 0 Å². The Morgan fingerprint density at radius 2 is 1.86 bits per heavy atom. The fourth-order valence-corrected chi connectivity index (χ4v) is 3.97. The fourth-order valence-electron chi connectivity index (χ4n) is 3.97. The molecule has 0 aliphatic carbocycles. The Bertz CT molecular complexity index is 968. The summed E-state index contributed by atoms with van der Waals surface area (Å²) in [5, 5.41) is 3.29. The third-order valence-corrected chi connectivity index (χ3v) is 5.63. The molecular formula is C24H34N4. The van der Waals surface area contributed by atoms with Crippen LogP contribution in [0.25, 0.3) is 22.3 Å². The van der Waals surface area contributed by atoms with E-state index in [9.17, 15) is 0 Å². The minimum Gasteiger partial charge on any atom is -0.373 e. The number of aromatic nitrogens is 3. The molecule has 0 bridgehead atoms. The topological polar surface area (TPSA) is 42.7 Å². The molecule has 0 aliphatic heterocycles. The number of rotatable bonds is 7.